The summed E-state index contributed by atoms with van der Waals surface area (Å²) in [6, 6.07) is 22.2. The molecule has 0 spiro atoms. The zero-order chi connectivity index (χ0) is 22.9. The molecule has 0 unspecified atom stereocenters. The minimum Gasteiger partial charge on any atom is -0.257 e. The molecular weight excluding hydrogens is 484 g/mol. The summed E-state index contributed by atoms with van der Waals surface area (Å²) in [5, 5.41) is 0. The monoisotopic (exact) mass is 508 g/mol. The Balaban J connectivity index is 1.69. The van der Waals surface area contributed by atoms with Gasteiger partial charge >= 0.3 is 0 Å². The molecule has 0 N–H and O–H groups in total. The van der Waals surface area contributed by atoms with Crippen molar-refractivity contribution in [1.29, 1.82) is 0 Å². The Labute approximate surface area is 198 Å². The summed E-state index contributed by atoms with van der Waals surface area (Å²) in [5.41, 5.74) is 4.43. The Morgan fingerprint density at radius 2 is 1.69 bits per heavy atom. The van der Waals surface area contributed by atoms with Gasteiger partial charge < -0.3 is 0 Å². The third kappa shape index (κ3) is 4.17. The van der Waals surface area contributed by atoms with Gasteiger partial charge in [-0.15, -0.1) is 0 Å². The Kier molecular flexibility index (Phi) is 6.10. The second-order valence-electron chi connectivity index (χ2n) is 8.23. The highest BCUT2D eigenvalue weighted by Crippen LogP contribution is 2.43. The molecule has 1 aliphatic heterocycles. The maximum absolute atomic E-state index is 13.5. The fraction of sp³-hybridized carbons (Fsp3) is 0.192. The standard InChI is InChI=1S/C26H25BrN2O2S/c1-19-10-13-23(14-11-19)32(30,31)29(22-8-5-4-6-9-22)17-7-16-26(3)20(2)28-25-15-12-21(27)18-24(25)26/h4-15,17-18H,16H2,1-3H3/b17-7+/t26-/m0/s1. The number of nitrogens with zero attached hydrogens (tertiary/aromatic N) is 2. The van der Waals surface area contributed by atoms with E-state index in [1.165, 1.54) is 4.31 Å². The van der Waals surface area contributed by atoms with E-state index in [0.717, 1.165) is 27.0 Å². The molecule has 1 aliphatic rings. The Morgan fingerprint density at radius 1 is 1.00 bits per heavy atom. The predicted octanol–water partition coefficient (Wildman–Crippen LogP) is 6.92. The number of aryl methyl sites for hydroxylation is 1. The SMILES string of the molecule is CC1=Nc2ccc(Br)cc2[C@@]1(C)C/C=C/N(c1ccccc1)S(=O)(=O)c1ccc(C)cc1. The molecule has 3 aromatic carbocycles. The van der Waals surface area contributed by atoms with Gasteiger partial charge in [0.15, 0.2) is 0 Å². The van der Waals surface area contributed by atoms with E-state index in [4.69, 9.17) is 4.99 Å². The molecule has 6 heteroatoms. The van der Waals surface area contributed by atoms with Crippen molar-refractivity contribution in [2.24, 2.45) is 4.99 Å². The zero-order valence-corrected chi connectivity index (χ0v) is 20.7. The van der Waals surface area contributed by atoms with Gasteiger partial charge in [0.25, 0.3) is 10.0 Å². The number of aliphatic imine (C=N–C) groups is 1. The van der Waals surface area contributed by atoms with Crippen molar-refractivity contribution in [1.82, 2.24) is 0 Å². The van der Waals surface area contributed by atoms with Crippen molar-refractivity contribution in [3.63, 3.8) is 0 Å². The van der Waals surface area contributed by atoms with Crippen LogP contribution in [0.1, 0.15) is 31.4 Å². The second kappa shape index (κ2) is 8.68. The molecule has 4 nitrogen and oxygen atoms in total. The van der Waals surface area contributed by atoms with Gasteiger partial charge in [-0.25, -0.2) is 12.7 Å². The third-order valence-electron chi connectivity index (χ3n) is 6.00. The number of allylic oxidation sites excluding steroid dienone is 1. The largest absolute Gasteiger partial charge is 0.268 e. The fourth-order valence-electron chi connectivity index (χ4n) is 3.89. The molecule has 0 bridgehead atoms. The highest BCUT2D eigenvalue weighted by molar-refractivity contribution is 9.10. The summed E-state index contributed by atoms with van der Waals surface area (Å²) in [6.07, 6.45) is 4.21. The number of sulfonamides is 1. The maximum atomic E-state index is 13.5. The molecule has 164 valence electrons. The van der Waals surface area contributed by atoms with Crippen LogP contribution in [0.4, 0.5) is 11.4 Å². The molecule has 4 rings (SSSR count). The smallest absolute Gasteiger partial charge is 0.257 e. The van der Waals surface area contributed by atoms with Crippen LogP contribution in [0, 0.1) is 6.92 Å². The first-order valence-corrected chi connectivity index (χ1v) is 12.6. The summed E-state index contributed by atoms with van der Waals surface area (Å²) in [5.74, 6) is 0. The van der Waals surface area contributed by atoms with Crippen LogP contribution in [0.3, 0.4) is 0 Å². The summed E-state index contributed by atoms with van der Waals surface area (Å²) >= 11 is 3.56. The number of halogens is 1. The first-order chi connectivity index (χ1) is 15.2. The van der Waals surface area contributed by atoms with Gasteiger partial charge in [-0.1, -0.05) is 57.9 Å². The first kappa shape index (κ1) is 22.5. The molecule has 0 aliphatic carbocycles. The molecule has 0 aromatic heterocycles. The van der Waals surface area contributed by atoms with Crippen LogP contribution in [-0.2, 0) is 15.4 Å². The summed E-state index contributed by atoms with van der Waals surface area (Å²) in [4.78, 5) is 5.00. The molecule has 1 heterocycles. The van der Waals surface area contributed by atoms with E-state index >= 15 is 0 Å². The third-order valence-corrected chi connectivity index (χ3v) is 8.21. The fourth-order valence-corrected chi connectivity index (χ4v) is 5.61. The highest BCUT2D eigenvalue weighted by Gasteiger charge is 2.36. The lowest BCUT2D eigenvalue weighted by Crippen LogP contribution is -2.28. The van der Waals surface area contributed by atoms with E-state index in [1.54, 1.807) is 30.5 Å². The first-order valence-electron chi connectivity index (χ1n) is 10.4. The molecule has 32 heavy (non-hydrogen) atoms. The van der Waals surface area contributed by atoms with Crippen LogP contribution in [0.15, 0.2) is 99.4 Å². The van der Waals surface area contributed by atoms with Crippen LogP contribution in [0.2, 0.25) is 0 Å². The van der Waals surface area contributed by atoms with Crippen molar-refractivity contribution in [2.75, 3.05) is 4.31 Å². The number of fused-ring (bicyclic) bond motifs is 1. The van der Waals surface area contributed by atoms with Gasteiger partial charge in [0.1, 0.15) is 0 Å². The number of benzene rings is 3. The molecule has 1 atom stereocenters. The van der Waals surface area contributed by atoms with Crippen LogP contribution in [-0.4, -0.2) is 14.1 Å². The Morgan fingerprint density at radius 3 is 2.38 bits per heavy atom. The van der Waals surface area contributed by atoms with Crippen molar-refractivity contribution in [3.05, 3.63) is 101 Å². The van der Waals surface area contributed by atoms with Crippen LogP contribution >= 0.6 is 15.9 Å². The number of anilines is 1. The quantitative estimate of drug-likeness (QED) is 0.362. The number of para-hydroxylation sites is 1. The average Bonchev–Trinajstić information content (AvgIpc) is 3.02. The van der Waals surface area contributed by atoms with Crippen LogP contribution in [0.5, 0.6) is 0 Å². The highest BCUT2D eigenvalue weighted by atomic mass is 79.9. The molecule has 0 saturated heterocycles. The predicted molar refractivity (Wildman–Crippen MR) is 135 cm³/mol. The van der Waals surface area contributed by atoms with Gasteiger partial charge in [-0.2, -0.15) is 0 Å². The summed E-state index contributed by atoms with van der Waals surface area (Å²) in [6.45, 7) is 6.11. The van der Waals surface area contributed by atoms with E-state index in [1.807, 2.05) is 62.4 Å². The molecule has 0 saturated carbocycles. The van der Waals surface area contributed by atoms with E-state index in [2.05, 4.69) is 28.9 Å². The van der Waals surface area contributed by atoms with Crippen molar-refractivity contribution in [2.45, 2.75) is 37.5 Å². The van der Waals surface area contributed by atoms with Crippen LogP contribution in [0.25, 0.3) is 0 Å². The summed E-state index contributed by atoms with van der Waals surface area (Å²) in [7, 11) is -3.76. The lowest BCUT2D eigenvalue weighted by atomic mass is 9.77. The van der Waals surface area contributed by atoms with E-state index in [9.17, 15) is 8.42 Å². The lowest BCUT2D eigenvalue weighted by molar-refractivity contribution is 0.595. The zero-order valence-electron chi connectivity index (χ0n) is 18.3. The summed E-state index contributed by atoms with van der Waals surface area (Å²) < 4.78 is 29.4. The van der Waals surface area contributed by atoms with Crippen LogP contribution < -0.4 is 4.31 Å². The van der Waals surface area contributed by atoms with Gasteiger partial charge in [0.2, 0.25) is 0 Å². The average molecular weight is 509 g/mol. The normalized spacial score (nSPS) is 17.9. The Bertz CT molecular complexity index is 1300. The maximum Gasteiger partial charge on any atom is 0.268 e. The lowest BCUT2D eigenvalue weighted by Gasteiger charge is -2.26. The van der Waals surface area contributed by atoms with E-state index < -0.39 is 10.0 Å². The molecule has 0 radical (unpaired) electrons. The second-order valence-corrected chi connectivity index (χ2v) is 11.0. The van der Waals surface area contributed by atoms with E-state index in [0.29, 0.717) is 12.1 Å². The van der Waals surface area contributed by atoms with Gasteiger partial charge in [0, 0.05) is 21.8 Å². The minimum absolute atomic E-state index is 0.260. The molecule has 0 amide bonds. The van der Waals surface area contributed by atoms with E-state index in [-0.39, 0.29) is 10.3 Å². The molecular formula is C26H25BrN2O2S. The van der Waals surface area contributed by atoms with Gasteiger partial charge in [-0.05, 0) is 75.2 Å². The Hall–Kier alpha value is -2.70. The molecule has 0 fully saturated rings. The number of rotatable bonds is 6. The topological polar surface area (TPSA) is 49.7 Å². The number of hydrogen-bond donors (Lipinski definition) is 0. The van der Waals surface area contributed by atoms with Crippen molar-refractivity contribution < 1.29 is 8.42 Å². The minimum atomic E-state index is -3.76. The van der Waals surface area contributed by atoms with Crippen molar-refractivity contribution >= 4 is 43.0 Å². The number of hydrogen-bond acceptors (Lipinski definition) is 3. The van der Waals surface area contributed by atoms with Gasteiger partial charge in [-0.3, -0.25) is 4.99 Å². The molecule has 3 aromatic rings. The van der Waals surface area contributed by atoms with Gasteiger partial charge in [0.05, 0.1) is 16.3 Å². The van der Waals surface area contributed by atoms with Crippen molar-refractivity contribution in [3.8, 4) is 0 Å².